The van der Waals surface area contributed by atoms with E-state index in [0.29, 0.717) is 15.3 Å². The Balaban J connectivity index is 1.32. The number of carbonyl (C=O) groups excluding carboxylic acids is 1. The molecule has 1 aliphatic heterocycles. The lowest BCUT2D eigenvalue weighted by molar-refractivity contribution is 0.0969. The van der Waals surface area contributed by atoms with Gasteiger partial charge >= 0.3 is 0 Å². The maximum Gasteiger partial charge on any atom is 0.170 e. The molecule has 2 nitrogen and oxygen atoms in total. The molecular weight excluding hydrogens is 508 g/mol. The standard InChI is InChI=1S/C37H25O2S/c38-37-33-23-27(31-17-9-7-15-29(31)25-11-3-1-4-12-25)19-21-35(33)40(39)36-22-20-28(24-34(36)37)32-18-10-8-16-30(32)26-13-5-2-6-14-26/h1-24,33H/q-1. The molecule has 0 aromatic heterocycles. The molecule has 1 atom stereocenters. The Hall–Kier alpha value is -4.73. The highest BCUT2D eigenvalue weighted by molar-refractivity contribution is 7.85. The number of fused-ring (bicyclic) bond motifs is 2. The Morgan fingerprint density at radius 1 is 0.500 bits per heavy atom. The van der Waals surface area contributed by atoms with E-state index in [1.54, 1.807) is 0 Å². The third kappa shape index (κ3) is 4.16. The fourth-order valence-electron chi connectivity index (χ4n) is 5.71. The molecule has 1 aliphatic carbocycles. The summed E-state index contributed by atoms with van der Waals surface area (Å²) in [5, 5.41) is 0. The average molecular weight is 534 g/mol. The molecule has 1 heterocycles. The van der Waals surface area contributed by atoms with Crippen molar-refractivity contribution in [2.24, 2.45) is 5.92 Å². The summed E-state index contributed by atoms with van der Waals surface area (Å²) < 4.78 is 13.7. The SMILES string of the molecule is O=C1c2cc(-c3ccccc3-c3ccccc3)ccc2[S-](=O)=C2C=CC(c3ccccc3-c3ccccc3)=CC12. The van der Waals surface area contributed by atoms with Crippen molar-refractivity contribution >= 4 is 26.6 Å². The first-order valence-corrected chi connectivity index (χ1v) is 14.5. The van der Waals surface area contributed by atoms with Crippen molar-refractivity contribution in [3.8, 4) is 33.4 Å². The topological polar surface area (TPSA) is 34.1 Å². The van der Waals surface area contributed by atoms with Gasteiger partial charge in [0.2, 0.25) is 0 Å². The molecule has 0 radical (unpaired) electrons. The predicted octanol–water partition coefficient (Wildman–Crippen LogP) is 8.65. The number of ketones is 1. The van der Waals surface area contributed by atoms with E-state index in [9.17, 15) is 9.00 Å². The summed E-state index contributed by atoms with van der Waals surface area (Å²) in [6, 6.07) is 42.7. The second-order valence-corrected chi connectivity index (χ2v) is 11.5. The van der Waals surface area contributed by atoms with Crippen LogP contribution in [0.25, 0.3) is 39.0 Å². The van der Waals surface area contributed by atoms with E-state index in [0.717, 1.165) is 44.5 Å². The number of rotatable bonds is 4. The highest BCUT2D eigenvalue weighted by atomic mass is 32.2. The summed E-state index contributed by atoms with van der Waals surface area (Å²) in [5.74, 6) is -0.570. The van der Waals surface area contributed by atoms with Crippen LogP contribution in [0.5, 0.6) is 0 Å². The molecule has 0 bridgehead atoms. The van der Waals surface area contributed by atoms with Crippen LogP contribution < -0.4 is 0 Å². The van der Waals surface area contributed by atoms with Gasteiger partial charge in [-0.05, 0) is 50.6 Å². The van der Waals surface area contributed by atoms with E-state index < -0.39 is 16.3 Å². The van der Waals surface area contributed by atoms with Gasteiger partial charge in [0.15, 0.2) is 5.78 Å². The van der Waals surface area contributed by atoms with Gasteiger partial charge in [0, 0.05) is 11.5 Å². The van der Waals surface area contributed by atoms with Crippen molar-refractivity contribution in [3.63, 3.8) is 0 Å². The molecule has 0 saturated carbocycles. The first-order valence-electron chi connectivity index (χ1n) is 13.4. The van der Waals surface area contributed by atoms with E-state index in [-0.39, 0.29) is 5.78 Å². The summed E-state index contributed by atoms with van der Waals surface area (Å²) in [4.78, 5) is 15.3. The zero-order valence-electron chi connectivity index (χ0n) is 21.7. The summed E-state index contributed by atoms with van der Waals surface area (Å²) >= 11 is 0. The van der Waals surface area contributed by atoms with Crippen LogP contribution in [0.2, 0.25) is 0 Å². The Labute approximate surface area is 236 Å². The zero-order chi connectivity index (χ0) is 27.1. The van der Waals surface area contributed by atoms with Gasteiger partial charge in [-0.3, -0.25) is 4.79 Å². The monoisotopic (exact) mass is 533 g/mol. The number of hydrogen-bond acceptors (Lipinski definition) is 3. The quantitative estimate of drug-likeness (QED) is 0.171. The number of Topliss-reactive ketones (excluding diaryl/α,β-unsaturated/α-hetero) is 1. The van der Waals surface area contributed by atoms with Gasteiger partial charge < -0.3 is 4.21 Å². The van der Waals surface area contributed by atoms with Crippen molar-refractivity contribution in [2.45, 2.75) is 4.90 Å². The van der Waals surface area contributed by atoms with Gasteiger partial charge in [0.1, 0.15) is 0 Å². The summed E-state index contributed by atoms with van der Waals surface area (Å²) in [7, 11) is -1.41. The highest BCUT2D eigenvalue weighted by Crippen LogP contribution is 2.38. The van der Waals surface area contributed by atoms with Crippen LogP contribution in [-0.4, -0.2) is 10.6 Å². The van der Waals surface area contributed by atoms with Crippen molar-refractivity contribution in [3.05, 3.63) is 157 Å². The maximum atomic E-state index is 14.0. The second-order valence-electron chi connectivity index (χ2n) is 10.0. The van der Waals surface area contributed by atoms with Gasteiger partial charge in [0.25, 0.3) is 0 Å². The van der Waals surface area contributed by atoms with Gasteiger partial charge in [-0.1, -0.05) is 140 Å². The zero-order valence-corrected chi connectivity index (χ0v) is 22.5. The normalized spacial score (nSPS) is 16.3. The lowest BCUT2D eigenvalue weighted by Crippen LogP contribution is -2.29. The molecule has 0 N–H and O–H groups in total. The third-order valence-corrected chi connectivity index (χ3v) is 9.24. The van der Waals surface area contributed by atoms with Crippen molar-refractivity contribution in [1.82, 2.24) is 0 Å². The Kier molecular flexibility index (Phi) is 6.14. The molecule has 3 heteroatoms. The van der Waals surface area contributed by atoms with E-state index in [2.05, 4.69) is 48.5 Å². The fraction of sp³-hybridized carbons (Fsp3) is 0.0270. The van der Waals surface area contributed by atoms with Gasteiger partial charge in [-0.2, -0.15) is 0 Å². The second kappa shape index (κ2) is 10.1. The predicted molar refractivity (Wildman–Crippen MR) is 165 cm³/mol. The van der Waals surface area contributed by atoms with Crippen molar-refractivity contribution < 1.29 is 9.00 Å². The number of benzene rings is 5. The smallest absolute Gasteiger partial charge is 0.170 e. The molecule has 192 valence electrons. The molecule has 1 unspecified atom stereocenters. The van der Waals surface area contributed by atoms with Crippen LogP contribution in [0.1, 0.15) is 15.9 Å². The lowest BCUT2D eigenvalue weighted by Gasteiger charge is -2.32. The number of allylic oxidation sites excluding steroid dienone is 4. The van der Waals surface area contributed by atoms with Crippen LogP contribution in [0, 0.1) is 5.92 Å². The Morgan fingerprint density at radius 2 is 1.02 bits per heavy atom. The Morgan fingerprint density at radius 3 is 1.65 bits per heavy atom. The largest absolute Gasteiger partial charge is 0.457 e. The van der Waals surface area contributed by atoms with Crippen LogP contribution in [0.3, 0.4) is 0 Å². The molecule has 40 heavy (non-hydrogen) atoms. The van der Waals surface area contributed by atoms with Crippen LogP contribution in [-0.2, 0) is 14.6 Å². The van der Waals surface area contributed by atoms with Gasteiger partial charge in [0.05, 0.1) is 0 Å². The molecule has 5 aromatic rings. The average Bonchev–Trinajstić information content (AvgIpc) is 3.04. The maximum absolute atomic E-state index is 14.0. The first kappa shape index (κ1) is 24.3. The van der Waals surface area contributed by atoms with Crippen LogP contribution in [0.4, 0.5) is 0 Å². The summed E-state index contributed by atoms with van der Waals surface area (Å²) in [6.45, 7) is 0. The molecule has 0 spiro atoms. The minimum Gasteiger partial charge on any atom is -0.457 e. The highest BCUT2D eigenvalue weighted by Gasteiger charge is 2.27. The van der Waals surface area contributed by atoms with Crippen molar-refractivity contribution in [1.29, 1.82) is 0 Å². The first-order chi connectivity index (χ1) is 19.7. The molecular formula is C37H25O2S-. The minimum atomic E-state index is -1.41. The summed E-state index contributed by atoms with van der Waals surface area (Å²) in [6.07, 6.45) is 5.87. The summed E-state index contributed by atoms with van der Waals surface area (Å²) in [5.41, 5.74) is 8.97. The Bertz CT molecular complexity index is 1920. The lowest BCUT2D eigenvalue weighted by atomic mass is 9.84. The third-order valence-electron chi connectivity index (χ3n) is 7.67. The van der Waals surface area contributed by atoms with E-state index in [1.165, 1.54) is 0 Å². The molecule has 0 saturated heterocycles. The molecule has 5 aromatic carbocycles. The van der Waals surface area contributed by atoms with E-state index in [4.69, 9.17) is 0 Å². The van der Waals surface area contributed by atoms with Gasteiger partial charge in [-0.25, -0.2) is 10.4 Å². The van der Waals surface area contributed by atoms with Crippen molar-refractivity contribution in [2.75, 3.05) is 0 Å². The molecule has 0 fully saturated rings. The molecule has 7 rings (SSSR count). The van der Waals surface area contributed by atoms with Crippen LogP contribution >= 0.6 is 0 Å². The molecule has 0 amide bonds. The minimum absolute atomic E-state index is 0.0114. The van der Waals surface area contributed by atoms with E-state index in [1.807, 2.05) is 97.1 Å². The van der Waals surface area contributed by atoms with Crippen LogP contribution in [0.15, 0.2) is 151 Å². The fourth-order valence-corrected chi connectivity index (χ4v) is 7.11. The van der Waals surface area contributed by atoms with E-state index >= 15 is 0 Å². The number of carbonyl (C=O) groups is 1. The molecule has 2 aliphatic rings. The number of hydrogen-bond donors (Lipinski definition) is 0. The van der Waals surface area contributed by atoms with Gasteiger partial charge in [-0.15, -0.1) is 9.76 Å².